The topological polar surface area (TPSA) is 31.0 Å². The average molecular weight is 669 g/mol. The highest BCUT2D eigenvalue weighted by molar-refractivity contribution is 7.25. The Balaban J connectivity index is 1.30. The van der Waals surface area contributed by atoms with Gasteiger partial charge in [0.05, 0.1) is 16.7 Å². The van der Waals surface area contributed by atoms with Crippen molar-refractivity contribution in [2.24, 2.45) is 0 Å². The normalized spacial score (nSPS) is 11.9. The van der Waals surface area contributed by atoms with E-state index in [-0.39, 0.29) is 0 Å². The van der Waals surface area contributed by atoms with Crippen molar-refractivity contribution in [3.05, 3.63) is 170 Å². The first kappa shape index (κ1) is 28.4. The van der Waals surface area contributed by atoms with E-state index >= 15 is 0 Å². The second kappa shape index (κ2) is 11.0. The van der Waals surface area contributed by atoms with E-state index in [1.165, 1.54) is 31.3 Å². The minimum absolute atomic E-state index is 0.847. The summed E-state index contributed by atoms with van der Waals surface area (Å²) in [5.41, 5.74) is 10.4. The van der Waals surface area contributed by atoms with Crippen LogP contribution in [0.3, 0.4) is 0 Å². The van der Waals surface area contributed by atoms with Gasteiger partial charge in [-0.2, -0.15) is 0 Å². The van der Waals surface area contributed by atoms with Gasteiger partial charge in [0, 0.05) is 47.3 Å². The number of pyridine rings is 1. The van der Waals surface area contributed by atoms with Gasteiger partial charge in [0.2, 0.25) is 0 Å². The number of hydrogen-bond donors (Lipinski definition) is 0. The highest BCUT2D eigenvalue weighted by Crippen LogP contribution is 2.46. The minimum Gasteiger partial charge on any atom is -0.454 e. The van der Waals surface area contributed by atoms with E-state index in [4.69, 9.17) is 9.40 Å². The maximum Gasteiger partial charge on any atom is 0.160 e. The Bertz CT molecular complexity index is 3070. The number of rotatable bonds is 4. The molecule has 0 N–H and O–H groups in total. The van der Waals surface area contributed by atoms with E-state index in [0.29, 0.717) is 0 Å². The van der Waals surface area contributed by atoms with Crippen LogP contribution < -0.4 is 0 Å². The molecule has 4 aromatic heterocycles. The predicted octanol–water partition coefficient (Wildman–Crippen LogP) is 13.4. The van der Waals surface area contributed by atoms with Gasteiger partial charge >= 0.3 is 0 Å². The molecule has 0 saturated carbocycles. The third kappa shape index (κ3) is 4.33. The van der Waals surface area contributed by atoms with Crippen LogP contribution in [0, 0.1) is 0 Å². The van der Waals surface area contributed by atoms with Crippen molar-refractivity contribution >= 4 is 75.3 Å². The molecule has 0 bridgehead atoms. The summed E-state index contributed by atoms with van der Waals surface area (Å²) in [6, 6.07) is 60.6. The molecule has 238 valence electrons. The smallest absolute Gasteiger partial charge is 0.160 e. The third-order valence-corrected chi connectivity index (χ3v) is 11.3. The number of fused-ring (bicyclic) bond motifs is 10. The monoisotopic (exact) mass is 668 g/mol. The molecule has 0 saturated heterocycles. The van der Waals surface area contributed by atoms with E-state index in [0.717, 1.165) is 71.9 Å². The number of para-hydroxylation sites is 2. The lowest BCUT2D eigenvalue weighted by Gasteiger charge is -2.13. The predicted molar refractivity (Wildman–Crippen MR) is 215 cm³/mol. The van der Waals surface area contributed by atoms with Gasteiger partial charge < -0.3 is 4.42 Å². The van der Waals surface area contributed by atoms with Crippen LogP contribution in [-0.4, -0.2) is 9.55 Å². The molecular weight excluding hydrogens is 641 g/mol. The van der Waals surface area contributed by atoms with Crippen LogP contribution in [0.15, 0.2) is 174 Å². The van der Waals surface area contributed by atoms with E-state index in [1.807, 2.05) is 17.4 Å². The molecule has 7 aromatic carbocycles. The second-order valence-electron chi connectivity index (χ2n) is 13.1. The molecule has 0 radical (unpaired) electrons. The molecular formula is C47H28N2OS. The summed E-state index contributed by atoms with van der Waals surface area (Å²) in [7, 11) is 0. The first-order chi connectivity index (χ1) is 25.3. The van der Waals surface area contributed by atoms with Crippen molar-refractivity contribution in [3.63, 3.8) is 0 Å². The lowest BCUT2D eigenvalue weighted by molar-refractivity contribution is 0.671. The summed E-state index contributed by atoms with van der Waals surface area (Å²) < 4.78 is 11.8. The molecule has 11 aromatic rings. The highest BCUT2D eigenvalue weighted by atomic mass is 32.1. The van der Waals surface area contributed by atoms with Gasteiger partial charge in [0.1, 0.15) is 11.4 Å². The zero-order valence-corrected chi connectivity index (χ0v) is 28.2. The Morgan fingerprint density at radius 2 is 1.16 bits per heavy atom. The van der Waals surface area contributed by atoms with E-state index < -0.39 is 0 Å². The van der Waals surface area contributed by atoms with Crippen molar-refractivity contribution in [2.45, 2.75) is 0 Å². The van der Waals surface area contributed by atoms with Gasteiger partial charge in [0.25, 0.3) is 0 Å². The fourth-order valence-corrected chi connectivity index (χ4v) is 8.96. The van der Waals surface area contributed by atoms with Crippen LogP contribution in [0.5, 0.6) is 0 Å². The summed E-state index contributed by atoms with van der Waals surface area (Å²) in [5.74, 6) is 0.847. The SMILES string of the molecule is c1ccc(-c2cc(-c3ccccc3)nc(-n3c4ccccc4c4c(-c5ccc6sc7ccccc7c6c5)cc5c6ccccc6oc5c43)c2)cc1. The van der Waals surface area contributed by atoms with E-state index in [9.17, 15) is 0 Å². The summed E-state index contributed by atoms with van der Waals surface area (Å²) in [6.45, 7) is 0. The largest absolute Gasteiger partial charge is 0.454 e. The zero-order chi connectivity index (χ0) is 33.5. The Morgan fingerprint density at radius 3 is 2.00 bits per heavy atom. The number of furan rings is 1. The molecule has 0 unspecified atom stereocenters. The number of nitrogens with zero attached hydrogens (tertiary/aromatic N) is 2. The summed E-state index contributed by atoms with van der Waals surface area (Å²) >= 11 is 1.85. The van der Waals surface area contributed by atoms with Crippen LogP contribution in [0.1, 0.15) is 0 Å². The van der Waals surface area contributed by atoms with Gasteiger partial charge in [-0.05, 0) is 70.8 Å². The third-order valence-electron chi connectivity index (χ3n) is 10.2. The summed E-state index contributed by atoms with van der Waals surface area (Å²) in [6.07, 6.45) is 0. The van der Waals surface area contributed by atoms with E-state index in [2.05, 4.69) is 168 Å². The molecule has 4 heteroatoms. The lowest BCUT2D eigenvalue weighted by Crippen LogP contribution is -2.00. The van der Waals surface area contributed by atoms with Crippen LogP contribution in [-0.2, 0) is 0 Å². The molecule has 51 heavy (non-hydrogen) atoms. The Kier molecular flexibility index (Phi) is 6.12. The molecule has 0 aliphatic rings. The van der Waals surface area contributed by atoms with Gasteiger partial charge in [-0.25, -0.2) is 4.98 Å². The molecule has 3 nitrogen and oxygen atoms in total. The first-order valence-electron chi connectivity index (χ1n) is 17.2. The van der Waals surface area contributed by atoms with Crippen LogP contribution in [0.25, 0.3) is 103 Å². The molecule has 4 heterocycles. The molecule has 0 aliphatic heterocycles. The number of thiophene rings is 1. The Hall–Kier alpha value is -6.49. The standard InChI is InChI=1S/C47H28N2OS/c1-3-13-29(14-4-1)32-26-39(30-15-5-2-6-16-30)48-44(27-32)49-40-20-10-7-19-35(40)45-36(28-38-33-17-8-11-21-41(33)50-47(38)46(45)49)31-23-24-43-37(25-31)34-18-9-12-22-42(34)51-43/h1-28H. The number of benzene rings is 7. The van der Waals surface area contributed by atoms with Gasteiger partial charge in [-0.15, -0.1) is 11.3 Å². The quantitative estimate of drug-likeness (QED) is 0.187. The number of hydrogen-bond acceptors (Lipinski definition) is 3. The maximum absolute atomic E-state index is 6.85. The van der Waals surface area contributed by atoms with Crippen LogP contribution in [0.4, 0.5) is 0 Å². The van der Waals surface area contributed by atoms with Crippen LogP contribution in [0.2, 0.25) is 0 Å². The van der Waals surface area contributed by atoms with Crippen molar-refractivity contribution in [3.8, 4) is 39.3 Å². The van der Waals surface area contributed by atoms with Crippen molar-refractivity contribution in [1.29, 1.82) is 0 Å². The van der Waals surface area contributed by atoms with Gasteiger partial charge in [0.15, 0.2) is 5.58 Å². The van der Waals surface area contributed by atoms with E-state index in [1.54, 1.807) is 0 Å². The van der Waals surface area contributed by atoms with Crippen molar-refractivity contribution in [2.75, 3.05) is 0 Å². The van der Waals surface area contributed by atoms with Crippen LogP contribution >= 0.6 is 11.3 Å². The highest BCUT2D eigenvalue weighted by Gasteiger charge is 2.24. The summed E-state index contributed by atoms with van der Waals surface area (Å²) in [4.78, 5) is 5.43. The number of aromatic nitrogens is 2. The second-order valence-corrected chi connectivity index (χ2v) is 14.2. The molecule has 11 rings (SSSR count). The maximum atomic E-state index is 6.85. The first-order valence-corrected chi connectivity index (χ1v) is 18.0. The lowest BCUT2D eigenvalue weighted by atomic mass is 9.95. The molecule has 0 amide bonds. The van der Waals surface area contributed by atoms with Gasteiger partial charge in [-0.1, -0.05) is 121 Å². The fourth-order valence-electron chi connectivity index (χ4n) is 7.87. The average Bonchev–Trinajstić information content (AvgIpc) is 3.88. The zero-order valence-electron chi connectivity index (χ0n) is 27.4. The summed E-state index contributed by atoms with van der Waals surface area (Å²) in [5, 5.41) is 7.09. The molecule has 0 spiro atoms. The molecule has 0 aliphatic carbocycles. The van der Waals surface area contributed by atoms with Crippen molar-refractivity contribution < 1.29 is 4.42 Å². The Labute approximate surface area is 297 Å². The minimum atomic E-state index is 0.847. The van der Waals surface area contributed by atoms with Gasteiger partial charge in [-0.3, -0.25) is 4.57 Å². The fraction of sp³-hybridized carbons (Fsp3) is 0. The Morgan fingerprint density at radius 1 is 0.471 bits per heavy atom. The molecule has 0 fully saturated rings. The van der Waals surface area contributed by atoms with Crippen molar-refractivity contribution in [1.82, 2.24) is 9.55 Å². The molecule has 0 atom stereocenters.